The van der Waals surface area contributed by atoms with E-state index in [1.165, 1.54) is 11.8 Å². The second kappa shape index (κ2) is 7.07. The normalized spacial score (nSPS) is 10.4. The topological polar surface area (TPSA) is 55.1 Å². The highest BCUT2D eigenvalue weighted by Gasteiger charge is 2.08. The van der Waals surface area contributed by atoms with Crippen molar-refractivity contribution >= 4 is 52.2 Å². The molecule has 0 aliphatic carbocycles. The molecule has 0 radical (unpaired) electrons. The zero-order valence-corrected chi connectivity index (χ0v) is 13.6. The minimum Gasteiger partial charge on any atom is -0.398 e. The maximum Gasteiger partial charge on any atom is 0.234 e. The van der Waals surface area contributed by atoms with Crippen molar-refractivity contribution in [1.82, 2.24) is 0 Å². The van der Waals surface area contributed by atoms with Crippen LogP contribution in [-0.2, 0) is 4.79 Å². The summed E-state index contributed by atoms with van der Waals surface area (Å²) in [5, 5.41) is 3.88. The van der Waals surface area contributed by atoms with Gasteiger partial charge >= 0.3 is 0 Å². The lowest BCUT2D eigenvalue weighted by molar-refractivity contribution is -0.113. The summed E-state index contributed by atoms with van der Waals surface area (Å²) in [6.07, 6.45) is 0. The Labute approximate surface area is 137 Å². The van der Waals surface area contributed by atoms with Gasteiger partial charge in [-0.05, 0) is 42.8 Å². The van der Waals surface area contributed by atoms with Crippen LogP contribution < -0.4 is 11.1 Å². The van der Waals surface area contributed by atoms with E-state index in [-0.39, 0.29) is 11.7 Å². The molecule has 3 N–H and O–H groups in total. The highest BCUT2D eigenvalue weighted by atomic mass is 35.5. The molecule has 2 aromatic rings. The summed E-state index contributed by atoms with van der Waals surface area (Å²) in [6.45, 7) is 1.94. The van der Waals surface area contributed by atoms with Crippen molar-refractivity contribution in [3.05, 3.63) is 52.0 Å². The summed E-state index contributed by atoms with van der Waals surface area (Å²) in [7, 11) is 0. The molecule has 0 aliphatic heterocycles. The summed E-state index contributed by atoms with van der Waals surface area (Å²) >= 11 is 13.3. The van der Waals surface area contributed by atoms with Gasteiger partial charge in [-0.2, -0.15) is 0 Å². The summed E-state index contributed by atoms with van der Waals surface area (Å²) in [5.41, 5.74) is 8.06. The van der Waals surface area contributed by atoms with Crippen LogP contribution in [0.2, 0.25) is 10.0 Å². The van der Waals surface area contributed by atoms with Crippen LogP contribution in [0.15, 0.2) is 41.3 Å². The van der Waals surface area contributed by atoms with Gasteiger partial charge in [-0.15, -0.1) is 11.8 Å². The van der Waals surface area contributed by atoms with Crippen LogP contribution in [0.3, 0.4) is 0 Å². The zero-order chi connectivity index (χ0) is 15.4. The molecule has 0 saturated carbocycles. The second-order valence-corrected chi connectivity index (χ2v) is 6.36. The fourth-order valence-corrected chi connectivity index (χ4v) is 2.91. The van der Waals surface area contributed by atoms with Crippen molar-refractivity contribution in [3.8, 4) is 0 Å². The monoisotopic (exact) mass is 340 g/mol. The third-order valence-corrected chi connectivity index (χ3v) is 4.37. The first kappa shape index (κ1) is 16.0. The van der Waals surface area contributed by atoms with Gasteiger partial charge in [-0.25, -0.2) is 0 Å². The van der Waals surface area contributed by atoms with Gasteiger partial charge in [0.25, 0.3) is 0 Å². The van der Waals surface area contributed by atoms with Crippen molar-refractivity contribution < 1.29 is 4.79 Å². The van der Waals surface area contributed by atoms with E-state index in [1.54, 1.807) is 24.3 Å². The van der Waals surface area contributed by atoms with E-state index in [0.29, 0.717) is 21.4 Å². The molecule has 2 rings (SSSR count). The first-order valence-corrected chi connectivity index (χ1v) is 7.93. The van der Waals surface area contributed by atoms with E-state index in [1.807, 2.05) is 19.1 Å². The number of carbonyl (C=O) groups is 1. The van der Waals surface area contributed by atoms with Crippen molar-refractivity contribution in [1.29, 1.82) is 0 Å². The van der Waals surface area contributed by atoms with Gasteiger partial charge in [0, 0.05) is 15.6 Å². The summed E-state index contributed by atoms with van der Waals surface area (Å²) in [5.74, 6) is 0.107. The van der Waals surface area contributed by atoms with Gasteiger partial charge in [0.15, 0.2) is 0 Å². The van der Waals surface area contributed by atoms with Crippen LogP contribution in [0.1, 0.15) is 5.56 Å². The Kier molecular flexibility index (Phi) is 5.39. The number of nitrogen functional groups attached to an aromatic ring is 1. The third-order valence-electron chi connectivity index (χ3n) is 2.73. The Hall–Kier alpha value is -1.36. The quantitative estimate of drug-likeness (QED) is 0.630. The average Bonchev–Trinajstić information content (AvgIpc) is 2.41. The average molecular weight is 341 g/mol. The number of benzene rings is 2. The van der Waals surface area contributed by atoms with Gasteiger partial charge in [0.2, 0.25) is 5.91 Å². The molecule has 0 heterocycles. The number of halogens is 2. The van der Waals surface area contributed by atoms with Crippen LogP contribution in [0, 0.1) is 6.92 Å². The van der Waals surface area contributed by atoms with Gasteiger partial charge in [0.1, 0.15) is 0 Å². The number of anilines is 2. The van der Waals surface area contributed by atoms with E-state index < -0.39 is 0 Å². The van der Waals surface area contributed by atoms with Crippen molar-refractivity contribution in [2.45, 2.75) is 11.8 Å². The molecule has 21 heavy (non-hydrogen) atoms. The van der Waals surface area contributed by atoms with Crippen LogP contribution >= 0.6 is 35.0 Å². The Morgan fingerprint density at radius 2 is 2.00 bits per heavy atom. The van der Waals surface area contributed by atoms with Crippen molar-refractivity contribution in [3.63, 3.8) is 0 Å². The molecule has 0 fully saturated rings. The molecule has 0 saturated heterocycles. The van der Waals surface area contributed by atoms with E-state index in [9.17, 15) is 4.79 Å². The minimum atomic E-state index is -0.139. The van der Waals surface area contributed by atoms with Gasteiger partial charge in [-0.3, -0.25) is 4.79 Å². The van der Waals surface area contributed by atoms with Gasteiger partial charge in [-0.1, -0.05) is 29.3 Å². The molecule has 110 valence electrons. The lowest BCUT2D eigenvalue weighted by atomic mass is 10.2. The molecule has 0 atom stereocenters. The Balaban J connectivity index is 1.96. The maximum absolute atomic E-state index is 11.9. The lowest BCUT2D eigenvalue weighted by Crippen LogP contribution is -2.14. The third kappa shape index (κ3) is 4.56. The molecule has 3 nitrogen and oxygen atoms in total. The molecular formula is C15H14Cl2N2OS. The number of nitrogens with one attached hydrogen (secondary N) is 1. The standard InChI is InChI=1S/C15H14Cl2N2OS/c1-9-2-4-13(11(17)6-9)19-15(20)8-21-14-5-3-10(16)7-12(14)18/h2-7H,8,18H2,1H3,(H,19,20). The van der Waals surface area contributed by atoms with Crippen LogP contribution in [-0.4, -0.2) is 11.7 Å². The van der Waals surface area contributed by atoms with Crippen LogP contribution in [0.5, 0.6) is 0 Å². The summed E-state index contributed by atoms with van der Waals surface area (Å²) in [4.78, 5) is 12.8. The second-order valence-electron chi connectivity index (χ2n) is 4.50. The number of hydrogen-bond acceptors (Lipinski definition) is 3. The van der Waals surface area contributed by atoms with Gasteiger partial charge < -0.3 is 11.1 Å². The number of nitrogens with two attached hydrogens (primary N) is 1. The SMILES string of the molecule is Cc1ccc(NC(=O)CSc2ccc(Cl)cc2N)c(Cl)c1. The number of aryl methyl sites for hydroxylation is 1. The highest BCUT2D eigenvalue weighted by Crippen LogP contribution is 2.28. The largest absolute Gasteiger partial charge is 0.398 e. The minimum absolute atomic E-state index is 0.139. The number of carbonyl (C=O) groups excluding carboxylic acids is 1. The number of hydrogen-bond donors (Lipinski definition) is 2. The molecular weight excluding hydrogens is 327 g/mol. The van der Waals surface area contributed by atoms with Crippen LogP contribution in [0.25, 0.3) is 0 Å². The lowest BCUT2D eigenvalue weighted by Gasteiger charge is -2.09. The molecule has 2 aromatic carbocycles. The molecule has 0 aliphatic rings. The van der Waals surface area contributed by atoms with E-state index in [2.05, 4.69) is 5.32 Å². The Morgan fingerprint density at radius 3 is 2.67 bits per heavy atom. The van der Waals surface area contributed by atoms with Gasteiger partial charge in [0.05, 0.1) is 16.5 Å². The number of amides is 1. The van der Waals surface area contributed by atoms with E-state index >= 15 is 0 Å². The summed E-state index contributed by atoms with van der Waals surface area (Å²) in [6, 6.07) is 10.7. The first-order chi connectivity index (χ1) is 9.95. The van der Waals surface area contributed by atoms with Crippen molar-refractivity contribution in [2.75, 3.05) is 16.8 Å². The number of rotatable bonds is 4. The fraction of sp³-hybridized carbons (Fsp3) is 0.133. The Bertz CT molecular complexity index is 677. The molecule has 0 unspecified atom stereocenters. The zero-order valence-electron chi connectivity index (χ0n) is 11.3. The highest BCUT2D eigenvalue weighted by molar-refractivity contribution is 8.00. The smallest absolute Gasteiger partial charge is 0.234 e. The van der Waals surface area contributed by atoms with Crippen molar-refractivity contribution in [2.24, 2.45) is 0 Å². The van der Waals surface area contributed by atoms with E-state index in [0.717, 1.165) is 10.5 Å². The first-order valence-electron chi connectivity index (χ1n) is 6.19. The predicted octanol–water partition coefficient (Wildman–Crippen LogP) is 4.61. The fourth-order valence-electron chi connectivity index (χ4n) is 1.70. The van der Waals surface area contributed by atoms with E-state index in [4.69, 9.17) is 28.9 Å². The number of thioether (sulfide) groups is 1. The summed E-state index contributed by atoms with van der Waals surface area (Å²) < 4.78 is 0. The molecule has 0 aromatic heterocycles. The van der Waals surface area contributed by atoms with Crippen LogP contribution in [0.4, 0.5) is 11.4 Å². The Morgan fingerprint density at radius 1 is 1.24 bits per heavy atom. The predicted molar refractivity (Wildman–Crippen MR) is 91.4 cm³/mol. The molecule has 0 spiro atoms. The maximum atomic E-state index is 11.9. The molecule has 0 bridgehead atoms. The molecule has 1 amide bonds. The molecule has 6 heteroatoms.